The first-order chi connectivity index (χ1) is 9.19. The van der Waals surface area contributed by atoms with Crippen molar-refractivity contribution in [3.05, 3.63) is 40.2 Å². The fourth-order valence-electron chi connectivity index (χ4n) is 1.63. The van der Waals surface area contributed by atoms with Gasteiger partial charge in [0.05, 0.1) is 6.54 Å². The van der Waals surface area contributed by atoms with Crippen molar-refractivity contribution in [3.63, 3.8) is 0 Å². The van der Waals surface area contributed by atoms with Crippen LogP contribution in [0.4, 0.5) is 6.01 Å². The molecule has 6 heteroatoms. The molecule has 0 aliphatic carbocycles. The van der Waals surface area contributed by atoms with Gasteiger partial charge in [-0.2, -0.15) is 0 Å². The second kappa shape index (κ2) is 6.68. The highest BCUT2D eigenvalue weighted by Gasteiger charge is 2.10. The quantitative estimate of drug-likeness (QED) is 0.885. The average molecular weight is 325 g/mol. The van der Waals surface area contributed by atoms with Gasteiger partial charge in [-0.1, -0.05) is 40.1 Å². The lowest BCUT2D eigenvalue weighted by molar-refractivity contribution is 0.469. The number of aromatic nitrogens is 2. The predicted molar refractivity (Wildman–Crippen MR) is 77.9 cm³/mol. The molecule has 0 aliphatic heterocycles. The Morgan fingerprint density at radius 1 is 1.26 bits per heavy atom. The third kappa shape index (κ3) is 4.04. The van der Waals surface area contributed by atoms with Crippen molar-refractivity contribution in [2.75, 3.05) is 18.5 Å². The normalized spacial score (nSPS) is 10.7. The zero-order chi connectivity index (χ0) is 13.7. The molecule has 0 unspecified atom stereocenters. The van der Waals surface area contributed by atoms with Crippen LogP contribution in [-0.2, 0) is 13.1 Å². The number of hydrogen-bond donors (Lipinski definition) is 1. The maximum absolute atomic E-state index is 5.58. The number of hydrogen-bond acceptors (Lipinski definition) is 5. The van der Waals surface area contributed by atoms with Crippen molar-refractivity contribution in [1.29, 1.82) is 0 Å². The second-order valence-electron chi connectivity index (χ2n) is 4.24. The monoisotopic (exact) mass is 324 g/mol. The molecule has 0 amide bonds. The molecule has 1 aromatic heterocycles. The predicted octanol–water partition coefficient (Wildman–Crippen LogP) is 2.58. The third-order valence-corrected chi connectivity index (χ3v) is 3.17. The van der Waals surface area contributed by atoms with E-state index in [1.165, 1.54) is 5.56 Å². The number of halogens is 1. The average Bonchev–Trinajstić information content (AvgIpc) is 2.88. The standard InChI is InChI=1S/C13H17BrN4O/c1-3-15-8-12-16-17-13(19-12)18(2)9-10-4-6-11(14)7-5-10/h4-7,15H,3,8-9H2,1-2H3. The molecule has 0 bridgehead atoms. The van der Waals surface area contributed by atoms with E-state index in [0.717, 1.165) is 17.6 Å². The summed E-state index contributed by atoms with van der Waals surface area (Å²) in [6, 6.07) is 8.71. The second-order valence-corrected chi connectivity index (χ2v) is 5.16. The number of benzene rings is 1. The van der Waals surface area contributed by atoms with E-state index in [-0.39, 0.29) is 0 Å². The Bertz CT molecular complexity index is 512. The molecule has 0 fully saturated rings. The molecule has 1 aromatic carbocycles. The highest BCUT2D eigenvalue weighted by atomic mass is 79.9. The van der Waals surface area contributed by atoms with Crippen molar-refractivity contribution in [2.24, 2.45) is 0 Å². The van der Waals surface area contributed by atoms with E-state index in [0.29, 0.717) is 18.5 Å². The van der Waals surface area contributed by atoms with Gasteiger partial charge in [0.25, 0.3) is 0 Å². The van der Waals surface area contributed by atoms with Gasteiger partial charge in [-0.25, -0.2) is 0 Å². The summed E-state index contributed by atoms with van der Waals surface area (Å²) in [5, 5.41) is 11.2. The SMILES string of the molecule is CCNCc1nnc(N(C)Cc2ccc(Br)cc2)o1. The van der Waals surface area contributed by atoms with Crippen LogP contribution in [-0.4, -0.2) is 23.8 Å². The van der Waals surface area contributed by atoms with Crippen LogP contribution in [0.15, 0.2) is 33.2 Å². The molecule has 2 aromatic rings. The van der Waals surface area contributed by atoms with Crippen LogP contribution in [0.1, 0.15) is 18.4 Å². The van der Waals surface area contributed by atoms with E-state index in [1.807, 2.05) is 31.0 Å². The molecule has 0 spiro atoms. The molecule has 102 valence electrons. The van der Waals surface area contributed by atoms with Crippen molar-refractivity contribution >= 4 is 21.9 Å². The van der Waals surface area contributed by atoms with Crippen LogP contribution in [0, 0.1) is 0 Å². The summed E-state index contributed by atoms with van der Waals surface area (Å²) in [4.78, 5) is 1.94. The van der Waals surface area contributed by atoms with Gasteiger partial charge in [-0.15, -0.1) is 5.10 Å². The van der Waals surface area contributed by atoms with E-state index in [9.17, 15) is 0 Å². The minimum atomic E-state index is 0.538. The molecule has 0 saturated carbocycles. The highest BCUT2D eigenvalue weighted by Crippen LogP contribution is 2.16. The molecule has 1 N–H and O–H groups in total. The molecule has 2 rings (SSSR count). The fourth-order valence-corrected chi connectivity index (χ4v) is 1.90. The van der Waals surface area contributed by atoms with Gasteiger partial charge < -0.3 is 14.6 Å². The summed E-state index contributed by atoms with van der Waals surface area (Å²) < 4.78 is 6.65. The van der Waals surface area contributed by atoms with Crippen LogP contribution in [0.5, 0.6) is 0 Å². The molecule has 1 heterocycles. The topological polar surface area (TPSA) is 54.2 Å². The molecule has 19 heavy (non-hydrogen) atoms. The van der Waals surface area contributed by atoms with Gasteiger partial charge in [0, 0.05) is 18.1 Å². The van der Waals surface area contributed by atoms with Gasteiger partial charge in [0.2, 0.25) is 5.89 Å². The van der Waals surface area contributed by atoms with E-state index in [2.05, 4.69) is 43.6 Å². The lowest BCUT2D eigenvalue weighted by Crippen LogP contribution is -2.16. The fraction of sp³-hybridized carbons (Fsp3) is 0.385. The minimum absolute atomic E-state index is 0.538. The maximum atomic E-state index is 5.58. The molecule has 0 atom stereocenters. The van der Waals surface area contributed by atoms with Crippen LogP contribution < -0.4 is 10.2 Å². The van der Waals surface area contributed by atoms with Crippen LogP contribution >= 0.6 is 15.9 Å². The minimum Gasteiger partial charge on any atom is -0.407 e. The lowest BCUT2D eigenvalue weighted by Gasteiger charge is -2.13. The summed E-state index contributed by atoms with van der Waals surface area (Å²) in [6.07, 6.45) is 0. The summed E-state index contributed by atoms with van der Waals surface area (Å²) >= 11 is 3.42. The van der Waals surface area contributed by atoms with Crippen molar-refractivity contribution in [3.8, 4) is 0 Å². The van der Waals surface area contributed by atoms with Gasteiger partial charge in [0.1, 0.15) is 0 Å². The van der Waals surface area contributed by atoms with Gasteiger partial charge in [-0.3, -0.25) is 0 Å². The Hall–Kier alpha value is -1.40. The van der Waals surface area contributed by atoms with Gasteiger partial charge in [0.15, 0.2) is 0 Å². The number of rotatable bonds is 6. The Morgan fingerprint density at radius 3 is 2.68 bits per heavy atom. The number of anilines is 1. The maximum Gasteiger partial charge on any atom is 0.318 e. The van der Waals surface area contributed by atoms with Crippen LogP contribution in [0.25, 0.3) is 0 Å². The smallest absolute Gasteiger partial charge is 0.318 e. The van der Waals surface area contributed by atoms with Crippen LogP contribution in [0.2, 0.25) is 0 Å². The number of nitrogens with zero attached hydrogens (tertiary/aromatic N) is 3. The Labute approximate surface area is 121 Å². The molecule has 0 saturated heterocycles. The third-order valence-electron chi connectivity index (χ3n) is 2.64. The van der Waals surface area contributed by atoms with Gasteiger partial charge >= 0.3 is 6.01 Å². The number of nitrogens with one attached hydrogen (secondary N) is 1. The summed E-state index contributed by atoms with van der Waals surface area (Å²) in [7, 11) is 1.94. The molecular formula is C13H17BrN4O. The first-order valence-electron chi connectivity index (χ1n) is 6.17. The first-order valence-corrected chi connectivity index (χ1v) is 6.97. The van der Waals surface area contributed by atoms with Crippen LogP contribution in [0.3, 0.4) is 0 Å². The summed E-state index contributed by atoms with van der Waals surface area (Å²) in [5.41, 5.74) is 1.19. The lowest BCUT2D eigenvalue weighted by atomic mass is 10.2. The Morgan fingerprint density at radius 2 is 2.00 bits per heavy atom. The summed E-state index contributed by atoms with van der Waals surface area (Å²) in [5.74, 6) is 0.611. The van der Waals surface area contributed by atoms with Crippen molar-refractivity contribution < 1.29 is 4.42 Å². The highest BCUT2D eigenvalue weighted by molar-refractivity contribution is 9.10. The first kappa shape index (κ1) is 14.0. The van der Waals surface area contributed by atoms with E-state index in [4.69, 9.17) is 4.42 Å². The molecule has 0 radical (unpaired) electrons. The van der Waals surface area contributed by atoms with Crippen molar-refractivity contribution in [1.82, 2.24) is 15.5 Å². The van der Waals surface area contributed by atoms with E-state index in [1.54, 1.807) is 0 Å². The van der Waals surface area contributed by atoms with E-state index < -0.39 is 0 Å². The summed E-state index contributed by atoms with van der Waals surface area (Å²) in [6.45, 7) is 4.26. The molecule has 0 aliphatic rings. The molecular weight excluding hydrogens is 308 g/mol. The zero-order valence-corrected chi connectivity index (χ0v) is 12.6. The van der Waals surface area contributed by atoms with E-state index >= 15 is 0 Å². The molecule has 5 nitrogen and oxygen atoms in total. The zero-order valence-electron chi connectivity index (χ0n) is 11.1. The Balaban J connectivity index is 1.97. The van der Waals surface area contributed by atoms with Crippen molar-refractivity contribution in [2.45, 2.75) is 20.0 Å². The Kier molecular flexibility index (Phi) is 4.93. The van der Waals surface area contributed by atoms with Gasteiger partial charge in [-0.05, 0) is 24.2 Å². The largest absolute Gasteiger partial charge is 0.407 e.